The lowest BCUT2D eigenvalue weighted by atomic mass is 9.77. The van der Waals surface area contributed by atoms with Gasteiger partial charge in [-0.05, 0) is 30.4 Å². The van der Waals surface area contributed by atoms with E-state index in [1.54, 1.807) is 0 Å². The summed E-state index contributed by atoms with van der Waals surface area (Å²) in [6, 6.07) is 4.48. The Morgan fingerprint density at radius 2 is 1.86 bits per heavy atom. The van der Waals surface area contributed by atoms with E-state index in [4.69, 9.17) is 5.73 Å². The molecule has 1 nitrogen and oxygen atoms in total. The van der Waals surface area contributed by atoms with Crippen molar-refractivity contribution in [2.45, 2.75) is 40.7 Å². The molecule has 0 amide bonds. The Hall–Kier alpha value is -0.340. The summed E-state index contributed by atoms with van der Waals surface area (Å²) in [6.07, 6.45) is 0. The SMILES string of the molecule is Cc1ccc(C(N)C(C)C(C)(C)C)s1. The van der Waals surface area contributed by atoms with Gasteiger partial charge in [0.1, 0.15) is 0 Å². The second-order valence-corrected chi connectivity index (χ2v) is 6.45. The Bertz CT molecular complexity index is 296. The van der Waals surface area contributed by atoms with Crippen LogP contribution in [0.15, 0.2) is 12.1 Å². The molecule has 0 aliphatic rings. The molecule has 1 heterocycles. The van der Waals surface area contributed by atoms with Gasteiger partial charge >= 0.3 is 0 Å². The lowest BCUT2D eigenvalue weighted by molar-refractivity contribution is 0.224. The maximum atomic E-state index is 6.25. The molecule has 2 N–H and O–H groups in total. The third-order valence-electron chi connectivity index (χ3n) is 2.99. The van der Waals surface area contributed by atoms with Gasteiger partial charge in [-0.15, -0.1) is 11.3 Å². The number of nitrogens with two attached hydrogens (primary N) is 1. The average Bonchev–Trinajstić information content (AvgIpc) is 2.47. The standard InChI is InChI=1S/C12H21NS/c1-8-6-7-10(14-8)11(13)9(2)12(3,4)5/h6-7,9,11H,13H2,1-5H3. The van der Waals surface area contributed by atoms with E-state index in [1.165, 1.54) is 9.75 Å². The van der Waals surface area contributed by atoms with E-state index < -0.39 is 0 Å². The summed E-state index contributed by atoms with van der Waals surface area (Å²) < 4.78 is 0. The van der Waals surface area contributed by atoms with Crippen LogP contribution in [0.2, 0.25) is 0 Å². The molecule has 2 heteroatoms. The number of thiophene rings is 1. The lowest BCUT2D eigenvalue weighted by Gasteiger charge is -2.31. The zero-order chi connectivity index (χ0) is 10.9. The minimum absolute atomic E-state index is 0.175. The Balaban J connectivity index is 2.80. The second kappa shape index (κ2) is 4.03. The van der Waals surface area contributed by atoms with Gasteiger partial charge in [-0.1, -0.05) is 27.7 Å². The van der Waals surface area contributed by atoms with Gasteiger partial charge < -0.3 is 5.73 Å². The number of hydrogen-bond acceptors (Lipinski definition) is 2. The normalized spacial score (nSPS) is 16.7. The average molecular weight is 211 g/mol. The van der Waals surface area contributed by atoms with Crippen LogP contribution in [0.4, 0.5) is 0 Å². The highest BCUT2D eigenvalue weighted by Gasteiger charge is 2.27. The van der Waals surface area contributed by atoms with Crippen molar-refractivity contribution in [2.75, 3.05) is 0 Å². The largest absolute Gasteiger partial charge is 0.323 e. The molecule has 1 aromatic rings. The Labute approximate surface area is 91.3 Å². The first-order valence-corrected chi connectivity index (χ1v) is 5.96. The fraction of sp³-hybridized carbons (Fsp3) is 0.667. The fourth-order valence-corrected chi connectivity index (χ4v) is 2.40. The highest BCUT2D eigenvalue weighted by molar-refractivity contribution is 7.12. The van der Waals surface area contributed by atoms with Crippen LogP contribution in [0, 0.1) is 18.3 Å². The summed E-state index contributed by atoms with van der Waals surface area (Å²) in [5, 5.41) is 0. The van der Waals surface area contributed by atoms with E-state index in [-0.39, 0.29) is 11.5 Å². The van der Waals surface area contributed by atoms with Crippen molar-refractivity contribution in [2.24, 2.45) is 17.1 Å². The zero-order valence-electron chi connectivity index (χ0n) is 9.79. The van der Waals surface area contributed by atoms with Crippen molar-refractivity contribution < 1.29 is 0 Å². The smallest absolute Gasteiger partial charge is 0.0420 e. The van der Waals surface area contributed by atoms with Gasteiger partial charge in [0, 0.05) is 15.8 Å². The minimum atomic E-state index is 0.175. The van der Waals surface area contributed by atoms with Gasteiger partial charge in [0.05, 0.1) is 0 Å². The molecule has 0 saturated carbocycles. The van der Waals surface area contributed by atoms with Crippen molar-refractivity contribution in [3.8, 4) is 0 Å². The van der Waals surface area contributed by atoms with Crippen LogP contribution in [0.25, 0.3) is 0 Å². The first-order valence-electron chi connectivity index (χ1n) is 5.14. The summed E-state index contributed by atoms with van der Waals surface area (Å²) >= 11 is 1.82. The fourth-order valence-electron chi connectivity index (χ4n) is 1.42. The number of aryl methyl sites for hydroxylation is 1. The van der Waals surface area contributed by atoms with E-state index in [0.717, 1.165) is 0 Å². The number of rotatable bonds is 2. The van der Waals surface area contributed by atoms with E-state index in [1.807, 2.05) is 11.3 Å². The van der Waals surface area contributed by atoms with Crippen LogP contribution in [0.5, 0.6) is 0 Å². The van der Waals surface area contributed by atoms with Crippen LogP contribution in [0.1, 0.15) is 43.5 Å². The maximum Gasteiger partial charge on any atom is 0.0420 e. The quantitative estimate of drug-likeness (QED) is 0.792. The minimum Gasteiger partial charge on any atom is -0.323 e. The van der Waals surface area contributed by atoms with Crippen LogP contribution < -0.4 is 5.73 Å². The Morgan fingerprint density at radius 3 is 2.21 bits per heavy atom. The Kier molecular flexibility index (Phi) is 3.38. The molecule has 2 unspecified atom stereocenters. The van der Waals surface area contributed by atoms with Gasteiger partial charge in [0.15, 0.2) is 0 Å². The maximum absolute atomic E-state index is 6.25. The Morgan fingerprint density at radius 1 is 1.29 bits per heavy atom. The molecule has 14 heavy (non-hydrogen) atoms. The lowest BCUT2D eigenvalue weighted by Crippen LogP contribution is -2.28. The molecule has 2 atom stereocenters. The van der Waals surface area contributed by atoms with Gasteiger partial charge in [0.2, 0.25) is 0 Å². The van der Waals surface area contributed by atoms with Gasteiger partial charge in [0.25, 0.3) is 0 Å². The molecular weight excluding hydrogens is 190 g/mol. The first kappa shape index (κ1) is 11.7. The van der Waals surface area contributed by atoms with Gasteiger partial charge in [-0.25, -0.2) is 0 Å². The number of hydrogen-bond donors (Lipinski definition) is 1. The van der Waals surface area contributed by atoms with Crippen LogP contribution >= 0.6 is 11.3 Å². The van der Waals surface area contributed by atoms with E-state index in [0.29, 0.717) is 5.92 Å². The van der Waals surface area contributed by atoms with Crippen molar-refractivity contribution in [3.05, 3.63) is 21.9 Å². The van der Waals surface area contributed by atoms with E-state index in [2.05, 4.69) is 46.8 Å². The third-order valence-corrected chi connectivity index (χ3v) is 4.10. The van der Waals surface area contributed by atoms with Gasteiger partial charge in [-0.3, -0.25) is 0 Å². The predicted octanol–water partition coefficient (Wildman–Crippen LogP) is 3.74. The highest BCUT2D eigenvalue weighted by Crippen LogP contribution is 2.36. The summed E-state index contributed by atoms with van der Waals surface area (Å²) in [7, 11) is 0. The highest BCUT2D eigenvalue weighted by atomic mass is 32.1. The molecule has 0 fully saturated rings. The summed E-state index contributed by atoms with van der Waals surface area (Å²) in [6.45, 7) is 11.1. The molecule has 0 aromatic carbocycles. The molecule has 1 aromatic heterocycles. The van der Waals surface area contributed by atoms with Crippen LogP contribution in [-0.2, 0) is 0 Å². The molecule has 1 rings (SSSR count). The third kappa shape index (κ3) is 2.58. The van der Waals surface area contributed by atoms with Crippen molar-refractivity contribution in [1.29, 1.82) is 0 Å². The zero-order valence-corrected chi connectivity index (χ0v) is 10.6. The molecule has 80 valence electrons. The summed E-state index contributed by atoms with van der Waals surface area (Å²) in [5.41, 5.74) is 6.52. The summed E-state index contributed by atoms with van der Waals surface area (Å²) in [4.78, 5) is 2.65. The van der Waals surface area contributed by atoms with Gasteiger partial charge in [-0.2, -0.15) is 0 Å². The molecule has 0 aliphatic heterocycles. The van der Waals surface area contributed by atoms with Crippen molar-refractivity contribution >= 4 is 11.3 Å². The van der Waals surface area contributed by atoms with Crippen molar-refractivity contribution in [3.63, 3.8) is 0 Å². The molecule has 0 radical (unpaired) electrons. The summed E-state index contributed by atoms with van der Waals surface area (Å²) in [5.74, 6) is 0.501. The predicted molar refractivity (Wildman–Crippen MR) is 64.6 cm³/mol. The van der Waals surface area contributed by atoms with E-state index >= 15 is 0 Å². The van der Waals surface area contributed by atoms with E-state index in [9.17, 15) is 0 Å². The van der Waals surface area contributed by atoms with Crippen LogP contribution in [-0.4, -0.2) is 0 Å². The molecule has 0 bridgehead atoms. The van der Waals surface area contributed by atoms with Crippen LogP contribution in [0.3, 0.4) is 0 Å². The monoisotopic (exact) mass is 211 g/mol. The molecule has 0 aliphatic carbocycles. The first-order chi connectivity index (χ1) is 6.32. The molecule has 0 saturated heterocycles. The molecular formula is C12H21NS. The van der Waals surface area contributed by atoms with Crippen molar-refractivity contribution in [1.82, 2.24) is 0 Å². The molecule has 0 spiro atoms. The topological polar surface area (TPSA) is 26.0 Å². The second-order valence-electron chi connectivity index (χ2n) is 5.13.